The van der Waals surface area contributed by atoms with Crippen molar-refractivity contribution in [1.82, 2.24) is 15.1 Å². The van der Waals surface area contributed by atoms with Crippen LogP contribution in [0.1, 0.15) is 35.0 Å². The first-order valence-electron chi connectivity index (χ1n) is 6.22. The van der Waals surface area contributed by atoms with Crippen molar-refractivity contribution in [2.75, 3.05) is 0 Å². The molecule has 1 aliphatic rings. The Hall–Kier alpha value is -0.840. The summed E-state index contributed by atoms with van der Waals surface area (Å²) in [5.41, 5.74) is 2.74. The van der Waals surface area contributed by atoms with E-state index in [2.05, 4.69) is 16.5 Å². The van der Waals surface area contributed by atoms with Crippen LogP contribution in [0.3, 0.4) is 0 Å². The van der Waals surface area contributed by atoms with E-state index in [1.165, 1.54) is 29.0 Å². The van der Waals surface area contributed by atoms with Crippen LogP contribution in [0.15, 0.2) is 18.3 Å². The summed E-state index contributed by atoms with van der Waals surface area (Å²) >= 11 is 7.59. The monoisotopic (exact) mass is 281 g/mol. The lowest BCUT2D eigenvalue weighted by atomic mass is 9.93. The number of hydrogen-bond donors (Lipinski definition) is 1. The molecule has 0 fully saturated rings. The Morgan fingerprint density at radius 3 is 3.22 bits per heavy atom. The third-order valence-corrected chi connectivity index (χ3v) is 4.76. The van der Waals surface area contributed by atoms with Gasteiger partial charge in [-0.3, -0.25) is 4.68 Å². The van der Waals surface area contributed by atoms with Gasteiger partial charge in [0.05, 0.1) is 10.5 Å². The van der Waals surface area contributed by atoms with Gasteiger partial charge < -0.3 is 5.32 Å². The number of thiophene rings is 1. The van der Waals surface area contributed by atoms with Crippen molar-refractivity contribution in [1.29, 1.82) is 0 Å². The molecule has 2 aromatic heterocycles. The first kappa shape index (κ1) is 12.2. The highest BCUT2D eigenvalue weighted by Crippen LogP contribution is 2.30. The summed E-state index contributed by atoms with van der Waals surface area (Å²) in [6.45, 7) is 0.885. The Morgan fingerprint density at radius 2 is 2.44 bits per heavy atom. The molecule has 18 heavy (non-hydrogen) atoms. The second kappa shape index (κ2) is 5.03. The van der Waals surface area contributed by atoms with Gasteiger partial charge in [-0.15, -0.1) is 11.3 Å². The maximum atomic E-state index is 5.94. The van der Waals surface area contributed by atoms with E-state index in [4.69, 9.17) is 11.6 Å². The van der Waals surface area contributed by atoms with Gasteiger partial charge in [0.1, 0.15) is 0 Å². The number of nitrogens with zero attached hydrogens (tertiary/aromatic N) is 2. The molecule has 1 aliphatic carbocycles. The molecule has 0 amide bonds. The van der Waals surface area contributed by atoms with Crippen molar-refractivity contribution in [2.45, 2.75) is 31.8 Å². The van der Waals surface area contributed by atoms with Crippen molar-refractivity contribution in [3.8, 4) is 0 Å². The molecule has 3 nitrogen and oxygen atoms in total. The molecule has 96 valence electrons. The number of rotatable bonds is 3. The van der Waals surface area contributed by atoms with E-state index in [1.807, 2.05) is 24.0 Å². The molecule has 0 aromatic carbocycles. The van der Waals surface area contributed by atoms with Crippen LogP contribution in [-0.4, -0.2) is 9.78 Å². The highest BCUT2D eigenvalue weighted by Gasteiger charge is 2.22. The first-order chi connectivity index (χ1) is 8.74. The second-order valence-electron chi connectivity index (χ2n) is 4.70. The number of fused-ring (bicyclic) bond motifs is 1. The number of aryl methyl sites for hydroxylation is 1. The molecular formula is C13H16ClN3S. The summed E-state index contributed by atoms with van der Waals surface area (Å²) in [4.78, 5) is 1.29. The van der Waals surface area contributed by atoms with Gasteiger partial charge in [-0.05, 0) is 31.4 Å². The summed E-state index contributed by atoms with van der Waals surface area (Å²) in [5, 5.41) is 7.98. The lowest BCUT2D eigenvalue weighted by molar-refractivity contribution is 0.453. The van der Waals surface area contributed by atoms with Crippen LogP contribution >= 0.6 is 22.9 Å². The smallest absolute Gasteiger partial charge is 0.0931 e. The molecule has 2 aromatic rings. The Morgan fingerprint density at radius 1 is 1.56 bits per heavy atom. The lowest BCUT2D eigenvalue weighted by Crippen LogP contribution is -2.24. The normalized spacial score (nSPS) is 18.9. The Bertz CT molecular complexity index is 546. The Kier molecular flexibility index (Phi) is 3.41. The van der Waals surface area contributed by atoms with Crippen LogP contribution in [0.2, 0.25) is 4.34 Å². The predicted octanol–water partition coefficient (Wildman–Crippen LogP) is 3.30. The molecule has 5 heteroatoms. The van der Waals surface area contributed by atoms with Crippen LogP contribution in [-0.2, 0) is 20.0 Å². The molecule has 1 atom stereocenters. The molecule has 0 spiro atoms. The largest absolute Gasteiger partial charge is 0.305 e. The zero-order chi connectivity index (χ0) is 12.5. The maximum Gasteiger partial charge on any atom is 0.0931 e. The lowest BCUT2D eigenvalue weighted by Gasteiger charge is -2.23. The number of hydrogen-bond acceptors (Lipinski definition) is 3. The van der Waals surface area contributed by atoms with Gasteiger partial charge in [-0.2, -0.15) is 5.10 Å². The van der Waals surface area contributed by atoms with Gasteiger partial charge in [-0.25, -0.2) is 0 Å². The third-order valence-electron chi connectivity index (χ3n) is 3.53. The molecule has 0 saturated heterocycles. The van der Waals surface area contributed by atoms with Crippen molar-refractivity contribution in [2.24, 2.45) is 7.05 Å². The minimum absolute atomic E-state index is 0.434. The van der Waals surface area contributed by atoms with Crippen LogP contribution in [0.4, 0.5) is 0 Å². The summed E-state index contributed by atoms with van der Waals surface area (Å²) in [7, 11) is 2.03. The minimum atomic E-state index is 0.434. The van der Waals surface area contributed by atoms with E-state index in [-0.39, 0.29) is 0 Å². The van der Waals surface area contributed by atoms with Crippen LogP contribution in [0.5, 0.6) is 0 Å². The summed E-state index contributed by atoms with van der Waals surface area (Å²) in [6.07, 6.45) is 5.58. The van der Waals surface area contributed by atoms with Gasteiger partial charge in [0, 0.05) is 35.8 Å². The number of aromatic nitrogens is 2. The maximum absolute atomic E-state index is 5.94. The average Bonchev–Trinajstić information content (AvgIpc) is 2.94. The summed E-state index contributed by atoms with van der Waals surface area (Å²) in [5.74, 6) is 0. The zero-order valence-corrected chi connectivity index (χ0v) is 11.9. The molecule has 2 heterocycles. The molecule has 0 aliphatic heterocycles. The van der Waals surface area contributed by atoms with Gasteiger partial charge in [0.25, 0.3) is 0 Å². The van der Waals surface area contributed by atoms with Crippen LogP contribution in [0.25, 0.3) is 0 Å². The molecular weight excluding hydrogens is 266 g/mol. The highest BCUT2D eigenvalue weighted by atomic mass is 35.5. The van der Waals surface area contributed by atoms with E-state index in [9.17, 15) is 0 Å². The molecule has 0 saturated carbocycles. The third kappa shape index (κ3) is 2.32. The highest BCUT2D eigenvalue weighted by molar-refractivity contribution is 7.16. The van der Waals surface area contributed by atoms with Crippen molar-refractivity contribution in [3.05, 3.63) is 38.8 Å². The molecule has 3 rings (SSSR count). The SMILES string of the molecule is Cn1ncc2c1CCC[C@@H]2NCc1ccc(Cl)s1. The fraction of sp³-hybridized carbons (Fsp3) is 0.462. The Balaban J connectivity index is 1.71. The van der Waals surface area contributed by atoms with Gasteiger partial charge in [-0.1, -0.05) is 11.6 Å². The second-order valence-corrected chi connectivity index (χ2v) is 6.50. The van der Waals surface area contributed by atoms with Crippen molar-refractivity contribution < 1.29 is 0 Å². The van der Waals surface area contributed by atoms with Gasteiger partial charge in [0.2, 0.25) is 0 Å². The van der Waals surface area contributed by atoms with E-state index in [1.54, 1.807) is 11.3 Å². The van der Waals surface area contributed by atoms with Crippen LogP contribution < -0.4 is 5.32 Å². The average molecular weight is 282 g/mol. The topological polar surface area (TPSA) is 29.9 Å². The fourth-order valence-corrected chi connectivity index (χ4v) is 3.63. The van der Waals surface area contributed by atoms with Crippen molar-refractivity contribution >= 4 is 22.9 Å². The van der Waals surface area contributed by atoms with E-state index < -0.39 is 0 Å². The van der Waals surface area contributed by atoms with E-state index in [0.717, 1.165) is 17.3 Å². The molecule has 0 radical (unpaired) electrons. The predicted molar refractivity (Wildman–Crippen MR) is 75.1 cm³/mol. The van der Waals surface area contributed by atoms with Gasteiger partial charge >= 0.3 is 0 Å². The molecule has 0 unspecified atom stereocenters. The van der Waals surface area contributed by atoms with E-state index in [0.29, 0.717) is 6.04 Å². The van der Waals surface area contributed by atoms with E-state index >= 15 is 0 Å². The number of nitrogens with one attached hydrogen (secondary N) is 1. The van der Waals surface area contributed by atoms with Crippen molar-refractivity contribution in [3.63, 3.8) is 0 Å². The first-order valence-corrected chi connectivity index (χ1v) is 7.42. The van der Waals surface area contributed by atoms with Gasteiger partial charge in [0.15, 0.2) is 0 Å². The Labute approximate surface area is 116 Å². The molecule has 0 bridgehead atoms. The summed E-state index contributed by atoms with van der Waals surface area (Å²) in [6, 6.07) is 4.48. The quantitative estimate of drug-likeness (QED) is 0.935. The minimum Gasteiger partial charge on any atom is -0.305 e. The summed E-state index contributed by atoms with van der Waals surface area (Å²) < 4.78 is 2.86. The zero-order valence-electron chi connectivity index (χ0n) is 10.3. The van der Waals surface area contributed by atoms with Crippen LogP contribution in [0, 0.1) is 0 Å². The standard InChI is InChI=1S/C13H16ClN3S/c1-17-12-4-2-3-11(10(12)8-16-17)15-7-9-5-6-13(14)18-9/h5-6,8,11,15H,2-4,7H2,1H3/t11-/m0/s1. The molecule has 1 N–H and O–H groups in total. The fourth-order valence-electron chi connectivity index (χ4n) is 2.59. The number of halogens is 1.